The molecule has 2 aromatic carbocycles. The Labute approximate surface area is 186 Å². The highest BCUT2D eigenvalue weighted by Gasteiger charge is 2.37. The van der Waals surface area contributed by atoms with Gasteiger partial charge >= 0.3 is 0 Å². The SMILES string of the molecule is C=C[C@H](C)N1C(=O)S/C(=C\c2cccc(OCC(=O)Nc3ccc(C)c(C)c3)c2)C1=O. The van der Waals surface area contributed by atoms with Crippen molar-refractivity contribution in [2.24, 2.45) is 0 Å². The lowest BCUT2D eigenvalue weighted by Gasteiger charge is -2.17. The fourth-order valence-corrected chi connectivity index (χ4v) is 3.86. The normalized spacial score (nSPS) is 15.8. The summed E-state index contributed by atoms with van der Waals surface area (Å²) >= 11 is 0.894. The number of amides is 3. The largest absolute Gasteiger partial charge is 0.484 e. The number of carbonyl (C=O) groups is 3. The highest BCUT2D eigenvalue weighted by Crippen LogP contribution is 2.34. The van der Waals surface area contributed by atoms with Crippen LogP contribution in [0.2, 0.25) is 0 Å². The van der Waals surface area contributed by atoms with Gasteiger partial charge in [0.2, 0.25) is 0 Å². The number of hydrogen-bond donors (Lipinski definition) is 1. The maximum Gasteiger partial charge on any atom is 0.294 e. The standard InChI is InChI=1S/C24H24N2O4S/c1-5-17(4)26-23(28)21(31-24(26)29)13-18-7-6-8-20(12-18)30-14-22(27)25-19-10-9-15(2)16(3)11-19/h5-13,17H,1,14H2,2-4H3,(H,25,27)/b21-13-/t17-/m0/s1. The van der Waals surface area contributed by atoms with Gasteiger partial charge < -0.3 is 10.1 Å². The van der Waals surface area contributed by atoms with Crippen LogP contribution in [0.4, 0.5) is 10.5 Å². The zero-order valence-electron chi connectivity index (χ0n) is 17.7. The van der Waals surface area contributed by atoms with Crippen LogP contribution in [0.15, 0.2) is 60.0 Å². The van der Waals surface area contributed by atoms with Crippen molar-refractivity contribution < 1.29 is 19.1 Å². The number of nitrogens with one attached hydrogen (secondary N) is 1. The molecule has 31 heavy (non-hydrogen) atoms. The van der Waals surface area contributed by atoms with Crippen LogP contribution < -0.4 is 10.1 Å². The summed E-state index contributed by atoms with van der Waals surface area (Å²) in [6, 6.07) is 12.3. The second-order valence-corrected chi connectivity index (χ2v) is 8.23. The van der Waals surface area contributed by atoms with Crippen molar-refractivity contribution in [1.82, 2.24) is 4.90 Å². The number of hydrogen-bond acceptors (Lipinski definition) is 5. The molecule has 0 spiro atoms. The lowest BCUT2D eigenvalue weighted by Crippen LogP contribution is -2.35. The van der Waals surface area contributed by atoms with Crippen molar-refractivity contribution in [3.05, 3.63) is 76.7 Å². The first-order valence-corrected chi connectivity index (χ1v) is 10.6. The Morgan fingerprint density at radius 2 is 1.97 bits per heavy atom. The molecule has 7 heteroatoms. The Morgan fingerprint density at radius 1 is 1.19 bits per heavy atom. The van der Waals surface area contributed by atoms with Gasteiger partial charge in [-0.2, -0.15) is 0 Å². The average molecular weight is 437 g/mol. The second kappa shape index (κ2) is 9.66. The Bertz CT molecular complexity index is 1080. The molecule has 1 aliphatic rings. The van der Waals surface area contributed by atoms with E-state index in [9.17, 15) is 14.4 Å². The minimum atomic E-state index is -0.371. The number of ether oxygens (including phenoxy) is 1. The molecule has 3 rings (SSSR count). The molecule has 160 valence electrons. The van der Waals surface area contributed by atoms with Gasteiger partial charge in [-0.3, -0.25) is 19.3 Å². The Balaban J connectivity index is 1.64. The van der Waals surface area contributed by atoms with E-state index in [0.29, 0.717) is 16.2 Å². The predicted octanol–water partition coefficient (Wildman–Crippen LogP) is 4.93. The lowest BCUT2D eigenvalue weighted by atomic mass is 10.1. The van der Waals surface area contributed by atoms with Crippen LogP contribution in [-0.4, -0.2) is 34.6 Å². The average Bonchev–Trinajstić information content (AvgIpc) is 3.02. The van der Waals surface area contributed by atoms with Crippen LogP contribution >= 0.6 is 11.8 Å². The van der Waals surface area contributed by atoms with Gasteiger partial charge in [0, 0.05) is 5.69 Å². The van der Waals surface area contributed by atoms with Gasteiger partial charge in [0.1, 0.15) is 5.75 Å². The third kappa shape index (κ3) is 5.44. The molecule has 1 heterocycles. The molecule has 1 saturated heterocycles. The van der Waals surface area contributed by atoms with E-state index in [1.165, 1.54) is 4.90 Å². The minimum Gasteiger partial charge on any atom is -0.484 e. The fraction of sp³-hybridized carbons (Fsp3) is 0.208. The summed E-state index contributed by atoms with van der Waals surface area (Å²) in [5, 5.41) is 2.49. The molecule has 6 nitrogen and oxygen atoms in total. The molecule has 1 fully saturated rings. The number of nitrogens with zero attached hydrogens (tertiary/aromatic N) is 1. The molecule has 0 aliphatic carbocycles. The zero-order chi connectivity index (χ0) is 22.5. The summed E-state index contributed by atoms with van der Waals surface area (Å²) in [5.41, 5.74) is 3.67. The lowest BCUT2D eigenvalue weighted by molar-refractivity contribution is -0.123. The van der Waals surface area contributed by atoms with E-state index in [1.807, 2.05) is 32.0 Å². The van der Waals surface area contributed by atoms with Gasteiger partial charge in [-0.15, -0.1) is 6.58 Å². The van der Waals surface area contributed by atoms with E-state index in [4.69, 9.17) is 4.74 Å². The number of thioether (sulfide) groups is 1. The molecule has 0 radical (unpaired) electrons. The number of rotatable bonds is 7. The monoisotopic (exact) mass is 436 g/mol. The van der Waals surface area contributed by atoms with Gasteiger partial charge in [-0.25, -0.2) is 0 Å². The molecule has 3 amide bonds. The van der Waals surface area contributed by atoms with Crippen LogP contribution in [0.3, 0.4) is 0 Å². The molecule has 1 aliphatic heterocycles. The molecule has 2 aromatic rings. The second-order valence-electron chi connectivity index (χ2n) is 7.24. The van der Waals surface area contributed by atoms with Gasteiger partial charge in [0.15, 0.2) is 6.61 Å². The maximum absolute atomic E-state index is 12.5. The maximum atomic E-state index is 12.5. The van der Waals surface area contributed by atoms with Crippen molar-refractivity contribution in [2.75, 3.05) is 11.9 Å². The van der Waals surface area contributed by atoms with Crippen molar-refractivity contribution >= 4 is 40.6 Å². The molecular weight excluding hydrogens is 412 g/mol. The Morgan fingerprint density at radius 3 is 2.68 bits per heavy atom. The van der Waals surface area contributed by atoms with Crippen molar-refractivity contribution in [1.29, 1.82) is 0 Å². The van der Waals surface area contributed by atoms with Gasteiger partial charge in [-0.05, 0) is 79.6 Å². The highest BCUT2D eigenvalue weighted by molar-refractivity contribution is 8.18. The first kappa shape index (κ1) is 22.4. The predicted molar refractivity (Wildman–Crippen MR) is 124 cm³/mol. The Kier molecular flexibility index (Phi) is 6.97. The molecule has 1 N–H and O–H groups in total. The summed E-state index contributed by atoms with van der Waals surface area (Å²) in [7, 11) is 0. The van der Waals surface area contributed by atoms with Crippen molar-refractivity contribution in [3.8, 4) is 5.75 Å². The number of imide groups is 1. The number of aryl methyl sites for hydroxylation is 2. The first-order valence-electron chi connectivity index (χ1n) is 9.78. The van der Waals surface area contributed by atoms with Crippen LogP contribution in [-0.2, 0) is 9.59 Å². The summed E-state index contributed by atoms with van der Waals surface area (Å²) in [6.07, 6.45) is 3.19. The first-order chi connectivity index (χ1) is 14.8. The quantitative estimate of drug-likeness (QED) is 0.492. The zero-order valence-corrected chi connectivity index (χ0v) is 18.5. The van der Waals surface area contributed by atoms with Crippen LogP contribution in [0, 0.1) is 13.8 Å². The van der Waals surface area contributed by atoms with Crippen LogP contribution in [0.25, 0.3) is 6.08 Å². The van der Waals surface area contributed by atoms with E-state index in [1.54, 1.807) is 43.3 Å². The summed E-state index contributed by atoms with van der Waals surface area (Å²) < 4.78 is 5.60. The smallest absolute Gasteiger partial charge is 0.294 e. The summed E-state index contributed by atoms with van der Waals surface area (Å²) in [5.74, 6) is -0.127. The van der Waals surface area contributed by atoms with Crippen LogP contribution in [0.1, 0.15) is 23.6 Å². The van der Waals surface area contributed by atoms with Gasteiger partial charge in [0.05, 0.1) is 10.9 Å². The van der Waals surface area contributed by atoms with Gasteiger partial charge in [-0.1, -0.05) is 24.3 Å². The summed E-state index contributed by atoms with van der Waals surface area (Å²) in [6.45, 7) is 9.23. The van der Waals surface area contributed by atoms with E-state index < -0.39 is 0 Å². The van der Waals surface area contributed by atoms with E-state index >= 15 is 0 Å². The third-order valence-electron chi connectivity index (χ3n) is 4.89. The number of carbonyl (C=O) groups excluding carboxylic acids is 3. The molecule has 0 aromatic heterocycles. The van der Waals surface area contributed by atoms with Crippen LogP contribution in [0.5, 0.6) is 5.75 Å². The van der Waals surface area contributed by atoms with E-state index in [0.717, 1.165) is 28.6 Å². The molecule has 0 unspecified atom stereocenters. The number of benzene rings is 2. The highest BCUT2D eigenvalue weighted by atomic mass is 32.2. The van der Waals surface area contributed by atoms with Gasteiger partial charge in [0.25, 0.3) is 17.1 Å². The van der Waals surface area contributed by atoms with Crippen molar-refractivity contribution in [2.45, 2.75) is 26.8 Å². The van der Waals surface area contributed by atoms with Crippen molar-refractivity contribution in [3.63, 3.8) is 0 Å². The Hall–Kier alpha value is -3.32. The number of anilines is 1. The third-order valence-corrected chi connectivity index (χ3v) is 5.77. The van der Waals surface area contributed by atoms with E-state index in [-0.39, 0.29) is 29.7 Å². The molecule has 0 saturated carbocycles. The molecular formula is C24H24N2O4S. The molecule has 0 bridgehead atoms. The molecule has 1 atom stereocenters. The van der Waals surface area contributed by atoms with E-state index in [2.05, 4.69) is 11.9 Å². The fourth-order valence-electron chi connectivity index (χ4n) is 2.95. The minimum absolute atomic E-state index is 0.149. The summed E-state index contributed by atoms with van der Waals surface area (Å²) in [4.78, 5) is 38.4. The topological polar surface area (TPSA) is 75.7 Å².